The molecule has 8 nitrogen and oxygen atoms in total. The second-order valence-electron chi connectivity index (χ2n) is 18.7. The molecule has 0 N–H and O–H groups in total. The lowest BCUT2D eigenvalue weighted by Crippen LogP contribution is -2.55. The summed E-state index contributed by atoms with van der Waals surface area (Å²) >= 11 is 0. The van der Waals surface area contributed by atoms with Crippen molar-refractivity contribution in [3.05, 3.63) is 48.6 Å². The van der Waals surface area contributed by atoms with Gasteiger partial charge in [0.15, 0.2) is 6.10 Å². The van der Waals surface area contributed by atoms with Crippen molar-refractivity contribution in [3.63, 3.8) is 0 Å². The van der Waals surface area contributed by atoms with E-state index in [1.807, 2.05) is 0 Å². The van der Waals surface area contributed by atoms with Gasteiger partial charge < -0.3 is 28.6 Å². The Bertz CT molecular complexity index is 1170. The van der Waals surface area contributed by atoms with E-state index < -0.39 is 18.1 Å². The minimum absolute atomic E-state index is 0.0319. The molecule has 2 atom stereocenters. The van der Waals surface area contributed by atoms with Crippen molar-refractivity contribution in [2.24, 2.45) is 0 Å². The van der Waals surface area contributed by atoms with Crippen LogP contribution in [0.3, 0.4) is 0 Å². The highest BCUT2D eigenvalue weighted by Crippen LogP contribution is 2.16. The molecule has 0 fully saturated rings. The van der Waals surface area contributed by atoms with Crippen LogP contribution in [0.4, 0.5) is 0 Å². The molecule has 0 aliphatic heterocycles. The molecular weight excluding hydrogens is 787 g/mol. The highest BCUT2D eigenvalue weighted by molar-refractivity contribution is 5.70. The van der Waals surface area contributed by atoms with Crippen molar-refractivity contribution < 1.29 is 38.2 Å². The maximum atomic E-state index is 12.8. The van der Waals surface area contributed by atoms with E-state index >= 15 is 0 Å². The average molecular weight is 886 g/mol. The molecule has 8 heteroatoms. The molecule has 0 spiro atoms. The summed E-state index contributed by atoms with van der Waals surface area (Å²) in [4.78, 5) is 37.0. The third-order valence-corrected chi connectivity index (χ3v) is 11.7. The minimum Gasteiger partial charge on any atom is -0.544 e. The summed E-state index contributed by atoms with van der Waals surface area (Å²) in [7, 11) is 5.41. The molecule has 0 aromatic carbocycles. The number of likely N-dealkylation sites (N-methyl/N-ethyl adjacent to an activating group) is 1. The van der Waals surface area contributed by atoms with Gasteiger partial charge in [-0.25, -0.2) is 0 Å². The van der Waals surface area contributed by atoms with Gasteiger partial charge in [0, 0.05) is 19.3 Å². The van der Waals surface area contributed by atoms with Crippen LogP contribution in [0.1, 0.15) is 232 Å². The second-order valence-corrected chi connectivity index (χ2v) is 18.7. The molecule has 366 valence electrons. The van der Waals surface area contributed by atoms with Crippen molar-refractivity contribution in [2.45, 2.75) is 244 Å². The van der Waals surface area contributed by atoms with Gasteiger partial charge in [-0.2, -0.15) is 0 Å². The normalized spacial score (nSPS) is 13.2. The molecule has 0 rings (SSSR count). The summed E-state index contributed by atoms with van der Waals surface area (Å²) in [5, 5.41) is 11.7. The molecular formula is C55H99NO7. The summed E-state index contributed by atoms with van der Waals surface area (Å²) in [6.07, 6.45) is 55.8. The smallest absolute Gasteiger partial charge is 0.306 e. The number of nitrogens with zero attached hydrogens (tertiary/aromatic N) is 1. The molecule has 2 unspecified atom stereocenters. The van der Waals surface area contributed by atoms with Gasteiger partial charge in [0.2, 0.25) is 0 Å². The summed E-state index contributed by atoms with van der Waals surface area (Å²) < 4.78 is 17.2. The monoisotopic (exact) mass is 886 g/mol. The Balaban J connectivity index is 4.22. The van der Waals surface area contributed by atoms with Gasteiger partial charge in [0.05, 0.1) is 40.3 Å². The lowest BCUT2D eigenvalue weighted by molar-refractivity contribution is -0.889. The van der Waals surface area contributed by atoms with Crippen LogP contribution in [0.25, 0.3) is 0 Å². The highest BCUT2D eigenvalue weighted by Gasteiger charge is 2.25. The molecule has 0 aliphatic rings. The number of carboxylic acids is 1. The number of carbonyl (C=O) groups is 3. The van der Waals surface area contributed by atoms with Crippen molar-refractivity contribution in [1.82, 2.24) is 0 Å². The predicted molar refractivity (Wildman–Crippen MR) is 263 cm³/mol. The first kappa shape index (κ1) is 60.3. The first-order chi connectivity index (χ1) is 30.6. The molecule has 0 aromatic rings. The molecule has 0 bridgehead atoms. The zero-order valence-electron chi connectivity index (χ0n) is 41.7. The molecule has 0 aliphatic carbocycles. The fourth-order valence-corrected chi connectivity index (χ4v) is 7.71. The fourth-order valence-electron chi connectivity index (χ4n) is 7.71. The topological polar surface area (TPSA) is 102 Å². The van der Waals surface area contributed by atoms with E-state index in [0.29, 0.717) is 12.8 Å². The number of allylic oxidation sites excluding steroid dienone is 8. The summed E-state index contributed by atoms with van der Waals surface area (Å²) in [5.41, 5.74) is 0. The van der Waals surface area contributed by atoms with Crippen molar-refractivity contribution in [2.75, 3.05) is 41.0 Å². The molecule has 0 saturated carbocycles. The van der Waals surface area contributed by atoms with Crippen LogP contribution in [0, 0.1) is 0 Å². The zero-order valence-corrected chi connectivity index (χ0v) is 41.7. The summed E-state index contributed by atoms with van der Waals surface area (Å²) in [6, 6.07) is -0.731. The number of rotatable bonds is 47. The Morgan fingerprint density at radius 1 is 0.492 bits per heavy atom. The quantitative estimate of drug-likeness (QED) is 0.0259. The highest BCUT2D eigenvalue weighted by atomic mass is 16.6. The predicted octanol–water partition coefficient (Wildman–Crippen LogP) is 13.8. The summed E-state index contributed by atoms with van der Waals surface area (Å²) in [6.45, 7) is 4.55. The molecule has 0 heterocycles. The molecule has 0 radical (unpaired) electrons. The maximum absolute atomic E-state index is 12.8. The van der Waals surface area contributed by atoms with Crippen LogP contribution in [-0.2, 0) is 28.6 Å². The first-order valence-electron chi connectivity index (χ1n) is 26.2. The van der Waals surface area contributed by atoms with E-state index in [0.717, 1.165) is 70.6 Å². The number of aliphatic carboxylic acids is 1. The first-order valence-corrected chi connectivity index (χ1v) is 26.2. The molecule has 0 amide bonds. The SMILES string of the molecule is CC/C=C/C/C=C/C/C=C/C/C=C/CCCCCC(=O)OCC(COCCC(C(=O)[O-])[N+](C)(C)C)OC(=O)CCCCCCCCCCCCCCCCCCCCCCCCC. The lowest BCUT2D eigenvalue weighted by atomic mass is 10.0. The largest absolute Gasteiger partial charge is 0.544 e. The number of esters is 2. The van der Waals surface area contributed by atoms with E-state index in [1.165, 1.54) is 128 Å². The van der Waals surface area contributed by atoms with Crippen molar-refractivity contribution in [3.8, 4) is 0 Å². The van der Waals surface area contributed by atoms with Gasteiger partial charge in [0.1, 0.15) is 12.6 Å². The van der Waals surface area contributed by atoms with Gasteiger partial charge >= 0.3 is 11.9 Å². The zero-order chi connectivity index (χ0) is 46.3. The molecule has 63 heavy (non-hydrogen) atoms. The Labute approximate surface area is 388 Å². The number of hydrogen-bond acceptors (Lipinski definition) is 7. The Morgan fingerprint density at radius 3 is 1.32 bits per heavy atom. The van der Waals surface area contributed by atoms with Crippen molar-refractivity contribution >= 4 is 17.9 Å². The maximum Gasteiger partial charge on any atom is 0.306 e. The van der Waals surface area contributed by atoms with E-state index in [1.54, 1.807) is 21.1 Å². The number of unbranched alkanes of at least 4 members (excludes halogenated alkanes) is 25. The van der Waals surface area contributed by atoms with E-state index in [9.17, 15) is 19.5 Å². The third kappa shape index (κ3) is 44.3. The fraction of sp³-hybridized carbons (Fsp3) is 0.800. The van der Waals surface area contributed by atoms with Gasteiger partial charge in [-0.15, -0.1) is 0 Å². The second kappa shape index (κ2) is 45.8. The molecule has 0 aromatic heterocycles. The molecule has 0 saturated heterocycles. The van der Waals surface area contributed by atoms with Crippen LogP contribution in [0.15, 0.2) is 48.6 Å². The van der Waals surface area contributed by atoms with E-state index in [-0.39, 0.29) is 42.7 Å². The van der Waals surface area contributed by atoms with Gasteiger partial charge in [-0.3, -0.25) is 9.59 Å². The Kier molecular flexibility index (Phi) is 43.9. The average Bonchev–Trinajstić information content (AvgIpc) is 3.24. The Morgan fingerprint density at radius 2 is 0.889 bits per heavy atom. The van der Waals surface area contributed by atoms with Crippen LogP contribution in [0.2, 0.25) is 0 Å². The van der Waals surface area contributed by atoms with E-state index in [2.05, 4.69) is 62.5 Å². The van der Waals surface area contributed by atoms with Gasteiger partial charge in [0.25, 0.3) is 0 Å². The van der Waals surface area contributed by atoms with Crippen LogP contribution >= 0.6 is 0 Å². The van der Waals surface area contributed by atoms with Crippen LogP contribution < -0.4 is 5.11 Å². The van der Waals surface area contributed by atoms with Gasteiger partial charge in [-0.05, 0) is 51.4 Å². The number of hydrogen-bond donors (Lipinski definition) is 0. The number of carboxylic acid groups (broad SMARTS) is 1. The number of ether oxygens (including phenoxy) is 3. The number of quaternary nitrogens is 1. The van der Waals surface area contributed by atoms with Crippen LogP contribution in [-0.4, -0.2) is 75.5 Å². The standard InChI is InChI=1S/C55H99NO7/c1-6-8-10-12-14-16-18-20-22-24-25-26-27-28-29-30-32-34-36-38-40-42-44-46-54(58)63-51(49-61-48-47-52(55(59)60)56(3,4)5)50-62-53(57)45-43-41-39-37-35-33-31-23-21-19-17-15-13-11-9-7-2/h9,11,15,17,21,23,33,35,51-52H,6-8,10,12-14,16,18-20,22,24-32,34,36-50H2,1-5H3/b11-9+,17-15+,23-21+,35-33+. The van der Waals surface area contributed by atoms with Gasteiger partial charge in [-0.1, -0.05) is 210 Å². The van der Waals surface area contributed by atoms with Crippen molar-refractivity contribution in [1.29, 1.82) is 0 Å². The minimum atomic E-state index is -1.13. The van der Waals surface area contributed by atoms with E-state index in [4.69, 9.17) is 14.2 Å². The number of carbonyl (C=O) groups excluding carboxylic acids is 3. The van der Waals surface area contributed by atoms with Crippen LogP contribution in [0.5, 0.6) is 0 Å². The third-order valence-electron chi connectivity index (χ3n) is 11.7. The lowest BCUT2D eigenvalue weighted by Gasteiger charge is -2.34. The summed E-state index contributed by atoms with van der Waals surface area (Å²) in [5.74, 6) is -1.76. The Hall–Kier alpha value is -2.71.